The molecular weight excluding hydrogens is 252 g/mol. The van der Waals surface area contributed by atoms with Crippen LogP contribution >= 0.6 is 0 Å². The zero-order chi connectivity index (χ0) is 13.9. The van der Waals surface area contributed by atoms with E-state index in [1.165, 1.54) is 32.1 Å². The number of H-pyrrole nitrogens is 1. The van der Waals surface area contributed by atoms with Crippen molar-refractivity contribution < 1.29 is 9.47 Å². The van der Waals surface area contributed by atoms with Crippen LogP contribution in [0.3, 0.4) is 0 Å². The minimum absolute atomic E-state index is 0.730. The van der Waals surface area contributed by atoms with Crippen molar-refractivity contribution in [3.63, 3.8) is 0 Å². The summed E-state index contributed by atoms with van der Waals surface area (Å²) >= 11 is 0. The van der Waals surface area contributed by atoms with Crippen molar-refractivity contribution in [3.05, 3.63) is 18.0 Å². The number of aromatic amines is 1. The SMILES string of the molecule is COc1cc2nc(CCC3CCCC3)[nH]c2cc1OC. The number of fused-ring (bicyclic) bond motifs is 1. The third-order valence-electron chi connectivity index (χ3n) is 4.30. The smallest absolute Gasteiger partial charge is 0.163 e. The number of ether oxygens (including phenoxy) is 2. The molecule has 0 atom stereocenters. The zero-order valence-corrected chi connectivity index (χ0v) is 12.2. The van der Waals surface area contributed by atoms with Crippen LogP contribution in [-0.4, -0.2) is 24.2 Å². The highest BCUT2D eigenvalue weighted by Crippen LogP contribution is 2.32. The van der Waals surface area contributed by atoms with Gasteiger partial charge >= 0.3 is 0 Å². The van der Waals surface area contributed by atoms with Crippen molar-refractivity contribution in [3.8, 4) is 11.5 Å². The number of imidazole rings is 1. The molecule has 0 saturated heterocycles. The second-order valence-electron chi connectivity index (χ2n) is 5.60. The summed E-state index contributed by atoms with van der Waals surface area (Å²) in [4.78, 5) is 8.07. The number of hydrogen-bond acceptors (Lipinski definition) is 3. The molecule has 1 aliphatic carbocycles. The van der Waals surface area contributed by atoms with Gasteiger partial charge in [0.2, 0.25) is 0 Å². The first-order valence-electron chi connectivity index (χ1n) is 7.40. The maximum Gasteiger partial charge on any atom is 0.163 e. The van der Waals surface area contributed by atoms with Crippen LogP contribution in [0.1, 0.15) is 37.9 Å². The Morgan fingerprint density at radius 3 is 2.55 bits per heavy atom. The normalized spacial score (nSPS) is 15.9. The summed E-state index contributed by atoms with van der Waals surface area (Å²) in [6.45, 7) is 0. The standard InChI is InChI=1S/C16H22N2O2/c1-19-14-9-12-13(10-15(14)20-2)18-16(17-12)8-7-11-5-3-4-6-11/h9-11H,3-8H2,1-2H3,(H,17,18). The van der Waals surface area contributed by atoms with Crippen LogP contribution in [0.4, 0.5) is 0 Å². The van der Waals surface area contributed by atoms with Gasteiger partial charge < -0.3 is 14.5 Å². The fourth-order valence-electron chi connectivity index (χ4n) is 3.15. The van der Waals surface area contributed by atoms with Crippen LogP contribution in [0.25, 0.3) is 11.0 Å². The molecule has 1 aliphatic rings. The lowest BCUT2D eigenvalue weighted by molar-refractivity contribution is 0.356. The Morgan fingerprint density at radius 1 is 1.15 bits per heavy atom. The van der Waals surface area contributed by atoms with Crippen molar-refractivity contribution in [1.29, 1.82) is 0 Å². The van der Waals surface area contributed by atoms with E-state index >= 15 is 0 Å². The molecule has 1 aromatic heterocycles. The second-order valence-corrected chi connectivity index (χ2v) is 5.60. The molecule has 0 unspecified atom stereocenters. The van der Waals surface area contributed by atoms with Crippen LogP contribution in [0.15, 0.2) is 12.1 Å². The Balaban J connectivity index is 1.78. The van der Waals surface area contributed by atoms with Gasteiger partial charge in [-0.1, -0.05) is 25.7 Å². The van der Waals surface area contributed by atoms with Gasteiger partial charge in [0, 0.05) is 18.6 Å². The number of hydrogen-bond donors (Lipinski definition) is 1. The fourth-order valence-corrected chi connectivity index (χ4v) is 3.15. The average molecular weight is 274 g/mol. The predicted octanol–water partition coefficient (Wildman–Crippen LogP) is 3.70. The summed E-state index contributed by atoms with van der Waals surface area (Å²) in [5, 5.41) is 0. The minimum atomic E-state index is 0.730. The molecular formula is C16H22N2O2. The number of nitrogens with zero attached hydrogens (tertiary/aromatic N) is 1. The lowest BCUT2D eigenvalue weighted by Crippen LogP contribution is -1.97. The van der Waals surface area contributed by atoms with Gasteiger partial charge in [0.05, 0.1) is 25.3 Å². The monoisotopic (exact) mass is 274 g/mol. The number of rotatable bonds is 5. The first-order valence-corrected chi connectivity index (χ1v) is 7.40. The molecule has 0 bridgehead atoms. The highest BCUT2D eigenvalue weighted by Gasteiger charge is 2.16. The number of methoxy groups -OCH3 is 2. The van der Waals surface area contributed by atoms with E-state index in [9.17, 15) is 0 Å². The molecule has 1 aromatic carbocycles. The van der Waals surface area contributed by atoms with Crippen molar-refractivity contribution in [2.75, 3.05) is 14.2 Å². The van der Waals surface area contributed by atoms with Crippen LogP contribution in [-0.2, 0) is 6.42 Å². The first kappa shape index (κ1) is 13.3. The average Bonchev–Trinajstić information content (AvgIpc) is 3.11. The molecule has 108 valence electrons. The van der Waals surface area contributed by atoms with Gasteiger partial charge in [-0.15, -0.1) is 0 Å². The topological polar surface area (TPSA) is 47.1 Å². The third kappa shape index (κ3) is 2.60. The molecule has 3 rings (SSSR count). The van der Waals surface area contributed by atoms with Crippen molar-refractivity contribution in [2.24, 2.45) is 5.92 Å². The fraction of sp³-hybridized carbons (Fsp3) is 0.562. The molecule has 0 spiro atoms. The van der Waals surface area contributed by atoms with E-state index in [0.717, 1.165) is 40.7 Å². The van der Waals surface area contributed by atoms with Crippen molar-refractivity contribution >= 4 is 11.0 Å². The molecule has 0 radical (unpaired) electrons. The Bertz CT molecular complexity index is 544. The molecule has 0 amide bonds. The number of nitrogens with one attached hydrogen (secondary N) is 1. The zero-order valence-electron chi connectivity index (χ0n) is 12.2. The highest BCUT2D eigenvalue weighted by atomic mass is 16.5. The Labute approximate surface area is 119 Å². The van der Waals surface area contributed by atoms with Gasteiger partial charge in [-0.05, 0) is 12.3 Å². The van der Waals surface area contributed by atoms with E-state index in [-0.39, 0.29) is 0 Å². The Kier molecular flexibility index (Phi) is 3.81. The number of benzene rings is 1. The van der Waals surface area contributed by atoms with Gasteiger partial charge in [-0.25, -0.2) is 4.98 Å². The van der Waals surface area contributed by atoms with E-state index in [2.05, 4.69) is 9.97 Å². The minimum Gasteiger partial charge on any atom is -0.493 e. The lowest BCUT2D eigenvalue weighted by atomic mass is 10.0. The van der Waals surface area contributed by atoms with Gasteiger partial charge in [-0.3, -0.25) is 0 Å². The van der Waals surface area contributed by atoms with Crippen LogP contribution in [0.2, 0.25) is 0 Å². The molecule has 1 N–H and O–H groups in total. The summed E-state index contributed by atoms with van der Waals surface area (Å²) in [7, 11) is 3.30. The number of aryl methyl sites for hydroxylation is 1. The van der Waals surface area contributed by atoms with Crippen LogP contribution < -0.4 is 9.47 Å². The van der Waals surface area contributed by atoms with Crippen molar-refractivity contribution in [1.82, 2.24) is 9.97 Å². The van der Waals surface area contributed by atoms with Gasteiger partial charge in [0.25, 0.3) is 0 Å². The molecule has 2 aromatic rings. The molecule has 4 nitrogen and oxygen atoms in total. The first-order chi connectivity index (χ1) is 9.80. The molecule has 20 heavy (non-hydrogen) atoms. The molecule has 1 fully saturated rings. The predicted molar refractivity (Wildman–Crippen MR) is 79.5 cm³/mol. The Hall–Kier alpha value is -1.71. The highest BCUT2D eigenvalue weighted by molar-refractivity contribution is 5.79. The quantitative estimate of drug-likeness (QED) is 0.904. The summed E-state index contributed by atoms with van der Waals surface area (Å²) in [6.07, 6.45) is 7.86. The summed E-state index contributed by atoms with van der Waals surface area (Å²) in [5.74, 6) is 3.44. The van der Waals surface area contributed by atoms with Gasteiger partial charge in [-0.2, -0.15) is 0 Å². The molecule has 1 heterocycles. The van der Waals surface area contributed by atoms with E-state index in [1.54, 1.807) is 14.2 Å². The van der Waals surface area contributed by atoms with Gasteiger partial charge in [0.15, 0.2) is 11.5 Å². The Morgan fingerprint density at radius 2 is 1.85 bits per heavy atom. The van der Waals surface area contributed by atoms with Crippen LogP contribution in [0, 0.1) is 5.92 Å². The summed E-state index contributed by atoms with van der Waals surface area (Å²) < 4.78 is 10.6. The third-order valence-corrected chi connectivity index (χ3v) is 4.30. The summed E-state index contributed by atoms with van der Waals surface area (Å²) in [5.41, 5.74) is 1.97. The molecule has 4 heteroatoms. The number of aromatic nitrogens is 2. The van der Waals surface area contributed by atoms with Gasteiger partial charge in [0.1, 0.15) is 5.82 Å². The maximum atomic E-state index is 5.32. The summed E-state index contributed by atoms with van der Waals surface area (Å²) in [6, 6.07) is 3.89. The maximum absolute atomic E-state index is 5.32. The largest absolute Gasteiger partial charge is 0.493 e. The lowest BCUT2D eigenvalue weighted by Gasteiger charge is -2.06. The van der Waals surface area contributed by atoms with E-state index in [4.69, 9.17) is 9.47 Å². The van der Waals surface area contributed by atoms with Crippen LogP contribution in [0.5, 0.6) is 11.5 Å². The second kappa shape index (κ2) is 5.73. The molecule has 1 saturated carbocycles. The van der Waals surface area contributed by atoms with Crippen molar-refractivity contribution in [2.45, 2.75) is 38.5 Å². The molecule has 0 aliphatic heterocycles. The van der Waals surface area contributed by atoms with E-state index < -0.39 is 0 Å². The van der Waals surface area contributed by atoms with E-state index in [1.807, 2.05) is 12.1 Å². The van der Waals surface area contributed by atoms with E-state index in [0.29, 0.717) is 0 Å².